The van der Waals surface area contributed by atoms with Crippen molar-refractivity contribution in [3.63, 3.8) is 0 Å². The Morgan fingerprint density at radius 3 is 2.23 bits per heavy atom. The quantitative estimate of drug-likeness (QED) is 0.148. The average molecular weight is 525 g/mol. The van der Waals surface area contributed by atoms with Crippen LogP contribution in [0.4, 0.5) is 5.69 Å². The number of ether oxygens (including phenoxy) is 2. The number of aliphatic hydroxyl groups is 1. The van der Waals surface area contributed by atoms with Gasteiger partial charge in [-0.2, -0.15) is 5.26 Å². The van der Waals surface area contributed by atoms with E-state index in [1.807, 2.05) is 19.9 Å². The van der Waals surface area contributed by atoms with Crippen molar-refractivity contribution >= 4 is 29.1 Å². The molecule has 1 atom stereocenters. The lowest BCUT2D eigenvalue weighted by Crippen LogP contribution is -2.29. The maximum Gasteiger partial charge on any atom is 0.308 e. The minimum Gasteiger partial charge on any atom is -0.507 e. The van der Waals surface area contributed by atoms with Crippen molar-refractivity contribution in [3.8, 4) is 17.6 Å². The largest absolute Gasteiger partial charge is 0.507 e. The molecule has 1 unspecified atom stereocenters. The van der Waals surface area contributed by atoms with Crippen LogP contribution < -0.4 is 14.4 Å². The van der Waals surface area contributed by atoms with E-state index < -0.39 is 23.7 Å². The lowest BCUT2D eigenvalue weighted by molar-refractivity contribution is -0.132. The molecular formula is C31H28N2O6. The van der Waals surface area contributed by atoms with Gasteiger partial charge in [0.25, 0.3) is 11.7 Å². The number of aryl methyl sites for hydroxylation is 1. The fourth-order valence-electron chi connectivity index (χ4n) is 4.72. The summed E-state index contributed by atoms with van der Waals surface area (Å²) in [6.45, 7) is 7.06. The number of nitrogens with zero attached hydrogens (tertiary/aromatic N) is 2. The molecule has 1 fully saturated rings. The van der Waals surface area contributed by atoms with Gasteiger partial charge in [-0.15, -0.1) is 0 Å². The summed E-state index contributed by atoms with van der Waals surface area (Å²) in [5.41, 5.74) is 3.15. The van der Waals surface area contributed by atoms with E-state index in [2.05, 4.69) is 0 Å². The van der Waals surface area contributed by atoms with Crippen LogP contribution in [0.15, 0.2) is 66.2 Å². The van der Waals surface area contributed by atoms with E-state index >= 15 is 0 Å². The van der Waals surface area contributed by atoms with Gasteiger partial charge in [0.05, 0.1) is 30.4 Å². The maximum absolute atomic E-state index is 13.5. The Morgan fingerprint density at radius 2 is 1.69 bits per heavy atom. The molecule has 4 rings (SSSR count). The molecule has 3 aromatic carbocycles. The first-order valence-corrected chi connectivity index (χ1v) is 12.4. The van der Waals surface area contributed by atoms with Crippen LogP contribution in [-0.4, -0.2) is 29.9 Å². The van der Waals surface area contributed by atoms with Crippen LogP contribution in [0.2, 0.25) is 0 Å². The van der Waals surface area contributed by atoms with Crippen molar-refractivity contribution in [2.75, 3.05) is 12.0 Å². The zero-order chi connectivity index (χ0) is 28.4. The molecule has 0 radical (unpaired) electrons. The molecule has 0 saturated carbocycles. The van der Waals surface area contributed by atoms with Gasteiger partial charge in [0, 0.05) is 18.2 Å². The van der Waals surface area contributed by atoms with E-state index in [0.717, 1.165) is 5.56 Å². The van der Waals surface area contributed by atoms with Gasteiger partial charge in [0.2, 0.25) is 0 Å². The molecule has 1 aliphatic rings. The smallest absolute Gasteiger partial charge is 0.308 e. The fraction of sp³-hybridized carbons (Fsp3) is 0.226. The molecule has 39 heavy (non-hydrogen) atoms. The van der Waals surface area contributed by atoms with Crippen LogP contribution in [0.1, 0.15) is 60.5 Å². The standard InChI is InChI=1S/C31H28N2O6/c1-17(2)24-15-25(18(3)14-26(24)38-5)29(35)27-28(21-8-12-23(13-9-21)39-19(4)34)33(31(37)30(27)36)22-10-6-20(16-32)7-11-22/h6-15,17,28,35H,1-5H3/b29-27+. The third-order valence-corrected chi connectivity index (χ3v) is 6.63. The number of amides is 1. The average Bonchev–Trinajstić information content (AvgIpc) is 3.18. The summed E-state index contributed by atoms with van der Waals surface area (Å²) in [6.07, 6.45) is 0. The Morgan fingerprint density at radius 1 is 1.05 bits per heavy atom. The van der Waals surface area contributed by atoms with Crippen LogP contribution >= 0.6 is 0 Å². The zero-order valence-electron chi connectivity index (χ0n) is 22.3. The number of nitriles is 1. The number of anilines is 1. The van der Waals surface area contributed by atoms with Crippen molar-refractivity contribution in [3.05, 3.63) is 94.1 Å². The van der Waals surface area contributed by atoms with E-state index in [9.17, 15) is 24.8 Å². The topological polar surface area (TPSA) is 117 Å². The number of carbonyl (C=O) groups excluding carboxylic acids is 3. The third kappa shape index (κ3) is 5.12. The molecule has 0 bridgehead atoms. The highest BCUT2D eigenvalue weighted by atomic mass is 16.5. The van der Waals surface area contributed by atoms with Gasteiger partial charge < -0.3 is 14.6 Å². The third-order valence-electron chi connectivity index (χ3n) is 6.63. The Hall–Kier alpha value is -4.90. The molecule has 0 aliphatic carbocycles. The van der Waals surface area contributed by atoms with E-state index in [1.54, 1.807) is 74.7 Å². The number of methoxy groups -OCH3 is 1. The second-order valence-electron chi connectivity index (χ2n) is 9.55. The molecule has 1 heterocycles. The summed E-state index contributed by atoms with van der Waals surface area (Å²) in [5.74, 6) is -1.41. The molecule has 1 amide bonds. The number of esters is 1. The molecule has 198 valence electrons. The molecule has 8 nitrogen and oxygen atoms in total. The number of ketones is 1. The summed E-state index contributed by atoms with van der Waals surface area (Å²) in [5, 5.41) is 20.8. The van der Waals surface area contributed by atoms with E-state index in [4.69, 9.17) is 9.47 Å². The highest BCUT2D eigenvalue weighted by molar-refractivity contribution is 6.51. The van der Waals surface area contributed by atoms with E-state index in [-0.39, 0.29) is 17.3 Å². The zero-order valence-corrected chi connectivity index (χ0v) is 22.3. The van der Waals surface area contributed by atoms with Crippen molar-refractivity contribution in [1.82, 2.24) is 0 Å². The summed E-state index contributed by atoms with van der Waals surface area (Å²) in [4.78, 5) is 39.7. The normalized spacial score (nSPS) is 16.3. The van der Waals surface area contributed by atoms with Gasteiger partial charge in [0.1, 0.15) is 17.3 Å². The number of hydrogen-bond donors (Lipinski definition) is 1. The number of Topliss-reactive ketones (excluding diaryl/α,β-unsaturated/α-hetero) is 1. The maximum atomic E-state index is 13.5. The number of hydrogen-bond acceptors (Lipinski definition) is 7. The van der Waals surface area contributed by atoms with Crippen LogP contribution in [-0.2, 0) is 14.4 Å². The molecule has 8 heteroatoms. The Bertz CT molecular complexity index is 1530. The van der Waals surface area contributed by atoms with Crippen molar-refractivity contribution in [1.29, 1.82) is 5.26 Å². The molecule has 1 N–H and O–H groups in total. The van der Waals surface area contributed by atoms with Crippen molar-refractivity contribution in [2.24, 2.45) is 0 Å². The Balaban J connectivity index is 1.95. The van der Waals surface area contributed by atoms with Crippen LogP contribution in [0.3, 0.4) is 0 Å². The van der Waals surface area contributed by atoms with Gasteiger partial charge in [-0.25, -0.2) is 0 Å². The summed E-state index contributed by atoms with van der Waals surface area (Å²) in [6, 6.07) is 17.3. The number of aliphatic hydroxyl groups excluding tert-OH is 1. The van der Waals surface area contributed by atoms with E-state index in [1.165, 1.54) is 11.8 Å². The van der Waals surface area contributed by atoms with E-state index in [0.29, 0.717) is 39.4 Å². The predicted molar refractivity (Wildman–Crippen MR) is 146 cm³/mol. The molecule has 1 aliphatic heterocycles. The van der Waals surface area contributed by atoms with Gasteiger partial charge in [-0.05, 0) is 78.1 Å². The van der Waals surface area contributed by atoms with Gasteiger partial charge >= 0.3 is 5.97 Å². The minimum absolute atomic E-state index is 0.0674. The molecule has 0 spiro atoms. The van der Waals surface area contributed by atoms with Crippen LogP contribution in [0.5, 0.6) is 11.5 Å². The second kappa shape index (κ2) is 10.8. The first-order chi connectivity index (χ1) is 18.6. The van der Waals surface area contributed by atoms with Gasteiger partial charge in [0.15, 0.2) is 0 Å². The lowest BCUT2D eigenvalue weighted by Gasteiger charge is -2.26. The van der Waals surface area contributed by atoms with Gasteiger partial charge in [-0.3, -0.25) is 19.3 Å². The number of benzene rings is 3. The van der Waals surface area contributed by atoms with Crippen LogP contribution in [0, 0.1) is 18.3 Å². The first-order valence-electron chi connectivity index (χ1n) is 12.4. The second-order valence-corrected chi connectivity index (χ2v) is 9.55. The summed E-state index contributed by atoms with van der Waals surface area (Å²) >= 11 is 0. The molecule has 3 aromatic rings. The highest BCUT2D eigenvalue weighted by Gasteiger charge is 2.47. The molecule has 0 aromatic heterocycles. The Kier molecular flexibility index (Phi) is 7.54. The minimum atomic E-state index is -0.978. The number of carbonyl (C=O) groups is 3. The van der Waals surface area contributed by atoms with Crippen molar-refractivity contribution < 1.29 is 29.0 Å². The van der Waals surface area contributed by atoms with Crippen molar-refractivity contribution in [2.45, 2.75) is 39.7 Å². The monoisotopic (exact) mass is 524 g/mol. The Labute approximate surface area is 226 Å². The molecule has 1 saturated heterocycles. The number of rotatable bonds is 6. The highest BCUT2D eigenvalue weighted by Crippen LogP contribution is 2.43. The van der Waals surface area contributed by atoms with Gasteiger partial charge in [-0.1, -0.05) is 26.0 Å². The summed E-state index contributed by atoms with van der Waals surface area (Å²) in [7, 11) is 1.57. The lowest BCUT2D eigenvalue weighted by atomic mass is 9.91. The SMILES string of the molecule is COc1cc(C)c(/C(O)=C2\C(=O)C(=O)N(c3ccc(C#N)cc3)C2c2ccc(OC(C)=O)cc2)cc1C(C)C. The predicted octanol–water partition coefficient (Wildman–Crippen LogP) is 5.55. The molecular weight excluding hydrogens is 496 g/mol. The fourth-order valence-corrected chi connectivity index (χ4v) is 4.72. The first kappa shape index (κ1) is 27.1. The summed E-state index contributed by atoms with van der Waals surface area (Å²) < 4.78 is 10.7. The van der Waals surface area contributed by atoms with Crippen LogP contribution in [0.25, 0.3) is 5.76 Å².